The van der Waals surface area contributed by atoms with E-state index in [-0.39, 0.29) is 22.2 Å². The fourth-order valence-electron chi connectivity index (χ4n) is 6.72. The van der Waals surface area contributed by atoms with Crippen molar-refractivity contribution in [2.24, 2.45) is 11.8 Å². The Morgan fingerprint density at radius 3 is 2.96 bits per heavy atom. The molecule has 0 unspecified atom stereocenters. The van der Waals surface area contributed by atoms with Gasteiger partial charge in [-0.3, -0.25) is 0 Å². The molecule has 2 heterocycles. The molecule has 0 radical (unpaired) electrons. The number of likely N-dealkylation sites (tertiary alicyclic amines) is 1. The van der Waals surface area contributed by atoms with Gasteiger partial charge in [-0.1, -0.05) is 6.07 Å². The number of aromatic hydroxyl groups is 1. The van der Waals surface area contributed by atoms with E-state index in [1.165, 1.54) is 24.0 Å². The maximum Gasteiger partial charge on any atom is 0.165 e. The molecule has 1 N–H and O–H groups in total. The second-order valence-electron chi connectivity index (χ2n) is 8.96. The average Bonchev–Trinajstić information content (AvgIpc) is 3.30. The highest BCUT2D eigenvalue weighted by molar-refractivity contribution is 5.60. The Balaban J connectivity index is 1.54. The maximum absolute atomic E-state index is 13.8. The minimum absolute atomic E-state index is 0.0142. The molecule has 3 fully saturated rings. The Labute approximate surface area is 142 Å². The number of benzene rings is 1. The van der Waals surface area contributed by atoms with Crippen LogP contribution in [0.1, 0.15) is 49.7 Å². The highest BCUT2D eigenvalue weighted by atomic mass is 16.5. The first kappa shape index (κ1) is 14.0. The molecule has 4 heteroatoms. The van der Waals surface area contributed by atoms with E-state index in [0.29, 0.717) is 17.6 Å². The minimum atomic E-state index is 0.0142. The molecule has 6 rings (SSSR count). The fourth-order valence-corrected chi connectivity index (χ4v) is 6.72. The zero-order chi connectivity index (χ0) is 16.1. The molecule has 2 bridgehead atoms. The summed E-state index contributed by atoms with van der Waals surface area (Å²) in [5.41, 5.74) is 2.58. The standard InChI is InChI=1S/C20H25NO3/c22-16-7-6-13-10-15-14-2-1-3-17-20(14,18(13)19(16)24-17)8-9-21(15,23)11-12-4-5-12/h6-7,12,14-15,17,22H,1-5,8-11H2/t14-,15+,17-,20+,21-/m0/s1. The van der Waals surface area contributed by atoms with E-state index in [2.05, 4.69) is 6.07 Å². The molecule has 1 spiro atoms. The lowest BCUT2D eigenvalue weighted by molar-refractivity contribution is -0.919. The van der Waals surface area contributed by atoms with Crippen LogP contribution in [0.15, 0.2) is 12.1 Å². The number of hydroxylamine groups is 3. The summed E-state index contributed by atoms with van der Waals surface area (Å²) in [4.78, 5) is 0. The molecule has 5 aliphatic rings. The van der Waals surface area contributed by atoms with Crippen LogP contribution in [0.3, 0.4) is 0 Å². The van der Waals surface area contributed by atoms with Crippen LogP contribution in [0, 0.1) is 17.0 Å². The van der Waals surface area contributed by atoms with Crippen LogP contribution in [0.5, 0.6) is 11.5 Å². The number of hydrogen-bond acceptors (Lipinski definition) is 3. The second-order valence-corrected chi connectivity index (χ2v) is 8.96. The first-order valence-electron chi connectivity index (χ1n) is 9.71. The van der Waals surface area contributed by atoms with E-state index >= 15 is 0 Å². The van der Waals surface area contributed by atoms with Gasteiger partial charge in [0.2, 0.25) is 0 Å². The van der Waals surface area contributed by atoms with E-state index in [1.807, 2.05) is 0 Å². The molecule has 2 aliphatic heterocycles. The Morgan fingerprint density at radius 2 is 2.12 bits per heavy atom. The van der Waals surface area contributed by atoms with Crippen LogP contribution >= 0.6 is 0 Å². The Hall–Kier alpha value is -1.26. The van der Waals surface area contributed by atoms with Gasteiger partial charge < -0.3 is 19.7 Å². The van der Waals surface area contributed by atoms with Crippen molar-refractivity contribution in [2.75, 3.05) is 13.1 Å². The van der Waals surface area contributed by atoms with Gasteiger partial charge in [0, 0.05) is 30.2 Å². The highest BCUT2D eigenvalue weighted by Crippen LogP contribution is 2.64. The van der Waals surface area contributed by atoms with E-state index < -0.39 is 0 Å². The van der Waals surface area contributed by atoms with Gasteiger partial charge in [-0.05, 0) is 43.7 Å². The zero-order valence-electron chi connectivity index (χ0n) is 14.0. The Kier molecular flexibility index (Phi) is 2.49. The summed E-state index contributed by atoms with van der Waals surface area (Å²) in [6, 6.07) is 4.04. The number of hydrogen-bond donors (Lipinski definition) is 1. The fraction of sp³-hybridized carbons (Fsp3) is 0.700. The molecule has 0 amide bonds. The zero-order valence-corrected chi connectivity index (χ0v) is 14.0. The van der Waals surface area contributed by atoms with Gasteiger partial charge in [0.05, 0.1) is 24.5 Å². The van der Waals surface area contributed by atoms with Crippen molar-refractivity contribution in [3.63, 3.8) is 0 Å². The van der Waals surface area contributed by atoms with Crippen LogP contribution in [-0.4, -0.2) is 35.0 Å². The molecule has 4 nitrogen and oxygen atoms in total. The molecule has 1 aromatic rings. The number of phenols is 1. The summed E-state index contributed by atoms with van der Waals surface area (Å²) in [5.74, 6) is 2.15. The lowest BCUT2D eigenvalue weighted by atomic mass is 9.51. The number of ether oxygens (including phenoxy) is 1. The number of nitrogens with zero attached hydrogens (tertiary/aromatic N) is 1. The smallest absolute Gasteiger partial charge is 0.165 e. The van der Waals surface area contributed by atoms with Gasteiger partial charge in [0.25, 0.3) is 0 Å². The second kappa shape index (κ2) is 4.28. The van der Waals surface area contributed by atoms with Gasteiger partial charge in [0.1, 0.15) is 6.10 Å². The number of phenolic OH excluding ortho intramolecular Hbond substituents is 1. The minimum Gasteiger partial charge on any atom is -0.633 e. The third kappa shape index (κ3) is 1.53. The van der Waals surface area contributed by atoms with Gasteiger partial charge >= 0.3 is 0 Å². The van der Waals surface area contributed by atoms with Crippen LogP contribution in [0.25, 0.3) is 0 Å². The molecule has 128 valence electrons. The van der Waals surface area contributed by atoms with Gasteiger partial charge in [-0.25, -0.2) is 0 Å². The van der Waals surface area contributed by atoms with Crippen molar-refractivity contribution >= 4 is 0 Å². The summed E-state index contributed by atoms with van der Waals surface area (Å²) >= 11 is 0. The lowest BCUT2D eigenvalue weighted by Crippen LogP contribution is -2.70. The normalized spacial score (nSPS) is 44.8. The number of rotatable bonds is 2. The predicted octanol–water partition coefficient (Wildman–Crippen LogP) is 3.24. The summed E-state index contributed by atoms with van der Waals surface area (Å²) in [6.07, 6.45) is 7.89. The van der Waals surface area contributed by atoms with Crippen molar-refractivity contribution in [2.45, 2.75) is 62.5 Å². The van der Waals surface area contributed by atoms with Crippen molar-refractivity contribution in [1.82, 2.24) is 0 Å². The van der Waals surface area contributed by atoms with Crippen molar-refractivity contribution in [1.29, 1.82) is 0 Å². The van der Waals surface area contributed by atoms with Crippen molar-refractivity contribution in [3.8, 4) is 11.5 Å². The molecule has 1 saturated heterocycles. The molecule has 5 atom stereocenters. The first-order chi connectivity index (χ1) is 11.6. The molecular weight excluding hydrogens is 302 g/mol. The quantitative estimate of drug-likeness (QED) is 0.670. The topological polar surface area (TPSA) is 52.5 Å². The largest absolute Gasteiger partial charge is 0.633 e. The van der Waals surface area contributed by atoms with Crippen LogP contribution < -0.4 is 4.74 Å². The summed E-state index contributed by atoms with van der Waals surface area (Å²) in [5, 5.41) is 24.2. The maximum atomic E-state index is 13.8. The molecule has 24 heavy (non-hydrogen) atoms. The SMILES string of the molecule is [O-][N@+]1(CC2CC2)CC[C@]23c4c5ccc(O)c4O[C@H]2CCC[C@H]3[C@H]1C5. The molecule has 1 aromatic carbocycles. The monoisotopic (exact) mass is 327 g/mol. The van der Waals surface area contributed by atoms with Crippen LogP contribution in [0.2, 0.25) is 0 Å². The van der Waals surface area contributed by atoms with E-state index in [1.54, 1.807) is 6.07 Å². The summed E-state index contributed by atoms with van der Waals surface area (Å²) < 4.78 is 6.35. The first-order valence-corrected chi connectivity index (χ1v) is 9.71. The molecule has 3 aliphatic carbocycles. The lowest BCUT2D eigenvalue weighted by Gasteiger charge is -2.64. The van der Waals surface area contributed by atoms with Gasteiger partial charge in [0.15, 0.2) is 11.5 Å². The van der Waals surface area contributed by atoms with Crippen LogP contribution in [0.4, 0.5) is 0 Å². The van der Waals surface area contributed by atoms with Crippen molar-refractivity contribution in [3.05, 3.63) is 28.5 Å². The number of piperidine rings is 1. The van der Waals surface area contributed by atoms with Crippen molar-refractivity contribution < 1.29 is 14.5 Å². The van der Waals surface area contributed by atoms with Gasteiger partial charge in [-0.2, -0.15) is 0 Å². The Morgan fingerprint density at radius 1 is 1.25 bits per heavy atom. The van der Waals surface area contributed by atoms with E-state index in [4.69, 9.17) is 4.74 Å². The highest BCUT2D eigenvalue weighted by Gasteiger charge is 2.66. The van der Waals surface area contributed by atoms with E-state index in [0.717, 1.165) is 50.9 Å². The number of quaternary nitrogens is 1. The Bertz CT molecular complexity index is 730. The third-order valence-corrected chi connectivity index (χ3v) is 7.83. The van der Waals surface area contributed by atoms with Crippen LogP contribution in [-0.2, 0) is 11.8 Å². The van der Waals surface area contributed by atoms with E-state index in [9.17, 15) is 10.3 Å². The molecular formula is C20H25NO3. The third-order valence-electron chi connectivity index (χ3n) is 7.83. The predicted molar refractivity (Wildman–Crippen MR) is 89.7 cm³/mol. The average molecular weight is 327 g/mol. The van der Waals surface area contributed by atoms with Gasteiger partial charge in [-0.15, -0.1) is 0 Å². The summed E-state index contributed by atoms with van der Waals surface area (Å²) in [6.45, 7) is 1.58. The summed E-state index contributed by atoms with van der Waals surface area (Å²) in [7, 11) is 0. The molecule has 2 saturated carbocycles. The molecule has 0 aromatic heterocycles.